The van der Waals surface area contributed by atoms with Crippen molar-refractivity contribution in [1.29, 1.82) is 0 Å². The number of carbonyl (C=O) groups excluding carboxylic acids is 1. The number of carboxylic acids is 1. The number of nitrogens with one attached hydrogen (secondary N) is 2. The van der Waals surface area contributed by atoms with Crippen LogP contribution in [-0.4, -0.2) is 27.6 Å². The van der Waals surface area contributed by atoms with Crippen LogP contribution >= 0.6 is 11.6 Å². The molecule has 0 atom stereocenters. The summed E-state index contributed by atoms with van der Waals surface area (Å²) in [4.78, 5) is 27.0. The van der Waals surface area contributed by atoms with Gasteiger partial charge in [0.15, 0.2) is 0 Å². The van der Waals surface area contributed by atoms with Crippen molar-refractivity contribution in [1.82, 2.24) is 15.6 Å². The zero-order valence-electron chi connectivity index (χ0n) is 10.9. The summed E-state index contributed by atoms with van der Waals surface area (Å²) in [5.41, 5.74) is -0.404. The van der Waals surface area contributed by atoms with Crippen LogP contribution in [0, 0.1) is 0 Å². The fraction of sp³-hybridized carbons (Fsp3) is 0.462. The van der Waals surface area contributed by atoms with Gasteiger partial charge in [-0.25, -0.2) is 9.59 Å². The van der Waals surface area contributed by atoms with Gasteiger partial charge < -0.3 is 15.7 Å². The van der Waals surface area contributed by atoms with Crippen LogP contribution in [0.2, 0.25) is 5.02 Å². The number of aliphatic carboxylic acids is 1. The highest BCUT2D eigenvalue weighted by Gasteiger charge is 2.42. The molecule has 0 spiro atoms. The van der Waals surface area contributed by atoms with Gasteiger partial charge in [0.05, 0.1) is 5.02 Å². The number of nitrogens with zero attached hydrogens (tertiary/aromatic N) is 1. The molecule has 0 aromatic carbocycles. The zero-order valence-corrected chi connectivity index (χ0v) is 11.6. The van der Waals surface area contributed by atoms with Crippen LogP contribution in [0.5, 0.6) is 0 Å². The molecule has 7 heteroatoms. The first-order valence-corrected chi connectivity index (χ1v) is 6.79. The fourth-order valence-electron chi connectivity index (χ4n) is 2.36. The summed E-state index contributed by atoms with van der Waals surface area (Å²) >= 11 is 5.93. The number of carbonyl (C=O) groups is 2. The Bertz CT molecular complexity index is 515. The van der Waals surface area contributed by atoms with Crippen molar-refractivity contribution in [2.75, 3.05) is 0 Å². The first kappa shape index (κ1) is 14.6. The van der Waals surface area contributed by atoms with E-state index < -0.39 is 17.5 Å². The van der Waals surface area contributed by atoms with Gasteiger partial charge in [-0.05, 0) is 24.5 Å². The van der Waals surface area contributed by atoms with E-state index in [4.69, 9.17) is 11.6 Å². The quantitative estimate of drug-likeness (QED) is 0.792. The lowest BCUT2D eigenvalue weighted by Crippen LogP contribution is -2.55. The first-order chi connectivity index (χ1) is 9.53. The molecule has 0 unspecified atom stereocenters. The molecular weight excluding hydrogens is 282 g/mol. The minimum absolute atomic E-state index is 0.225. The standard InChI is InChI=1S/C13H16ClN3O3/c14-10-8-15-6-3-9(10)7-16-12(20)17-13(11(18)19)4-1-2-5-13/h3,6,8H,1-2,4-5,7H2,(H,18,19)(H2,16,17,20). The second kappa shape index (κ2) is 6.09. The normalized spacial score (nSPS) is 16.6. The average Bonchev–Trinajstić information content (AvgIpc) is 2.88. The van der Waals surface area contributed by atoms with Crippen molar-refractivity contribution in [2.24, 2.45) is 0 Å². The first-order valence-electron chi connectivity index (χ1n) is 6.41. The molecule has 0 radical (unpaired) electrons. The number of hydrogen-bond acceptors (Lipinski definition) is 3. The van der Waals surface area contributed by atoms with E-state index in [1.165, 1.54) is 6.20 Å². The van der Waals surface area contributed by atoms with Crippen molar-refractivity contribution in [3.05, 3.63) is 29.0 Å². The molecule has 1 aromatic heterocycles. The molecule has 1 fully saturated rings. The van der Waals surface area contributed by atoms with Gasteiger partial charge in [-0.2, -0.15) is 0 Å². The zero-order chi connectivity index (χ0) is 14.6. The smallest absolute Gasteiger partial charge is 0.329 e. The Morgan fingerprint density at radius 2 is 2.10 bits per heavy atom. The van der Waals surface area contributed by atoms with Gasteiger partial charge in [-0.1, -0.05) is 24.4 Å². The molecule has 1 aliphatic carbocycles. The fourth-order valence-corrected chi connectivity index (χ4v) is 2.54. The summed E-state index contributed by atoms with van der Waals surface area (Å²) in [6, 6.07) is 1.20. The Labute approximate surface area is 121 Å². The van der Waals surface area contributed by atoms with Crippen LogP contribution in [0.4, 0.5) is 4.79 Å². The van der Waals surface area contributed by atoms with Crippen LogP contribution in [0.1, 0.15) is 31.2 Å². The summed E-state index contributed by atoms with van der Waals surface area (Å²) in [6.07, 6.45) is 5.62. The summed E-state index contributed by atoms with van der Waals surface area (Å²) < 4.78 is 0. The molecule has 0 saturated heterocycles. The highest BCUT2D eigenvalue weighted by atomic mass is 35.5. The number of hydrogen-bond donors (Lipinski definition) is 3. The Kier molecular flexibility index (Phi) is 4.44. The largest absolute Gasteiger partial charge is 0.480 e. The maximum atomic E-state index is 11.8. The summed E-state index contributed by atoms with van der Waals surface area (Å²) in [7, 11) is 0. The average molecular weight is 298 g/mol. The van der Waals surface area contributed by atoms with Crippen LogP contribution in [-0.2, 0) is 11.3 Å². The summed E-state index contributed by atoms with van der Waals surface area (Å²) in [6.45, 7) is 0.225. The van der Waals surface area contributed by atoms with Crippen LogP contribution in [0.3, 0.4) is 0 Å². The molecule has 2 rings (SSSR count). The molecule has 0 aliphatic heterocycles. The van der Waals surface area contributed by atoms with Gasteiger partial charge in [0.25, 0.3) is 0 Å². The van der Waals surface area contributed by atoms with E-state index >= 15 is 0 Å². The van der Waals surface area contributed by atoms with Gasteiger partial charge >= 0.3 is 12.0 Å². The molecule has 2 amide bonds. The maximum Gasteiger partial charge on any atom is 0.329 e. The molecule has 108 valence electrons. The van der Waals surface area contributed by atoms with E-state index in [9.17, 15) is 14.7 Å². The number of carboxylic acid groups (broad SMARTS) is 1. The SMILES string of the molecule is O=C(NCc1ccncc1Cl)NC1(C(=O)O)CCCC1. The number of halogens is 1. The predicted molar refractivity (Wildman–Crippen MR) is 73.5 cm³/mol. The van der Waals surface area contributed by atoms with Crippen molar-refractivity contribution in [2.45, 2.75) is 37.8 Å². The Morgan fingerprint density at radius 3 is 2.70 bits per heavy atom. The van der Waals surface area contributed by atoms with Crippen LogP contribution in [0.15, 0.2) is 18.5 Å². The van der Waals surface area contributed by atoms with E-state index in [0.29, 0.717) is 17.9 Å². The van der Waals surface area contributed by atoms with Gasteiger partial charge in [0.2, 0.25) is 0 Å². The van der Waals surface area contributed by atoms with Gasteiger partial charge in [-0.3, -0.25) is 4.98 Å². The Balaban J connectivity index is 1.92. The second-order valence-electron chi connectivity index (χ2n) is 4.87. The van der Waals surface area contributed by atoms with E-state index in [2.05, 4.69) is 15.6 Å². The number of rotatable bonds is 4. The third kappa shape index (κ3) is 3.19. The topological polar surface area (TPSA) is 91.3 Å². The highest BCUT2D eigenvalue weighted by Crippen LogP contribution is 2.29. The van der Waals surface area contributed by atoms with E-state index in [1.54, 1.807) is 12.3 Å². The van der Waals surface area contributed by atoms with E-state index in [1.807, 2.05) is 0 Å². The summed E-state index contributed by atoms with van der Waals surface area (Å²) in [5.74, 6) is -0.980. The number of amides is 2. The third-order valence-corrected chi connectivity index (χ3v) is 3.86. The van der Waals surface area contributed by atoms with Crippen molar-refractivity contribution >= 4 is 23.6 Å². The minimum Gasteiger partial charge on any atom is -0.480 e. The summed E-state index contributed by atoms with van der Waals surface area (Å²) in [5, 5.41) is 14.9. The molecule has 1 heterocycles. The lowest BCUT2D eigenvalue weighted by atomic mass is 9.98. The van der Waals surface area contributed by atoms with Gasteiger partial charge in [-0.15, -0.1) is 0 Å². The number of pyridine rings is 1. The molecule has 0 bridgehead atoms. The molecule has 6 nitrogen and oxygen atoms in total. The Morgan fingerprint density at radius 1 is 1.40 bits per heavy atom. The Hall–Kier alpha value is -1.82. The molecule has 3 N–H and O–H groups in total. The van der Waals surface area contributed by atoms with E-state index in [0.717, 1.165) is 18.4 Å². The number of aromatic nitrogens is 1. The van der Waals surface area contributed by atoms with Crippen molar-refractivity contribution in [3.8, 4) is 0 Å². The van der Waals surface area contributed by atoms with E-state index in [-0.39, 0.29) is 6.54 Å². The van der Waals surface area contributed by atoms with Crippen molar-refractivity contribution in [3.63, 3.8) is 0 Å². The lowest BCUT2D eigenvalue weighted by molar-refractivity contribution is -0.144. The predicted octanol–water partition coefficient (Wildman–Crippen LogP) is 1.93. The van der Waals surface area contributed by atoms with Crippen LogP contribution in [0.25, 0.3) is 0 Å². The molecule has 1 aromatic rings. The maximum absolute atomic E-state index is 11.8. The number of urea groups is 1. The van der Waals surface area contributed by atoms with Gasteiger partial charge in [0.1, 0.15) is 5.54 Å². The van der Waals surface area contributed by atoms with Crippen molar-refractivity contribution < 1.29 is 14.7 Å². The monoisotopic (exact) mass is 297 g/mol. The second-order valence-corrected chi connectivity index (χ2v) is 5.28. The minimum atomic E-state index is -1.13. The highest BCUT2D eigenvalue weighted by molar-refractivity contribution is 6.31. The van der Waals surface area contributed by atoms with Gasteiger partial charge in [0, 0.05) is 18.9 Å². The lowest BCUT2D eigenvalue weighted by Gasteiger charge is -2.25. The third-order valence-electron chi connectivity index (χ3n) is 3.52. The molecule has 20 heavy (non-hydrogen) atoms. The molecular formula is C13H16ClN3O3. The van der Waals surface area contributed by atoms with Crippen LogP contribution < -0.4 is 10.6 Å². The molecule has 1 saturated carbocycles. The molecule has 1 aliphatic rings.